The lowest BCUT2D eigenvalue weighted by atomic mass is 9.96. The Kier molecular flexibility index (Phi) is 4.92. The third-order valence-corrected chi connectivity index (χ3v) is 7.18. The number of hydrogen-bond donors (Lipinski definition) is 1. The van der Waals surface area contributed by atoms with E-state index < -0.39 is 21.8 Å². The van der Waals surface area contributed by atoms with Crippen molar-refractivity contribution in [3.05, 3.63) is 52.0 Å². The second-order valence-corrected chi connectivity index (χ2v) is 11.0. The van der Waals surface area contributed by atoms with Crippen LogP contribution in [0.4, 0.5) is 5.69 Å². The Hall–Kier alpha value is -2.36. The molecular formula is C19H18ClN3O4S2. The highest BCUT2D eigenvalue weighted by Gasteiger charge is 2.36. The minimum Gasteiger partial charge on any atom is -0.364 e. The number of carbonyl (C=O) groups is 2. The second kappa shape index (κ2) is 7.16. The van der Waals surface area contributed by atoms with Gasteiger partial charge in [0.1, 0.15) is 26.4 Å². The number of hydrogen-bond acceptors (Lipinski definition) is 5. The standard InChI is InChI=1S/C19H18ClN3O4S2/c1-29(26,27)7-6-22-13-5-3-2-4-11(13)8-15(18(22)25)23-14(17(21)24)9-12-10-16(20)28-19(12)23/h2-5,9-10,15H,6-8H2,1H3,(H2,21,24). The summed E-state index contributed by atoms with van der Waals surface area (Å²) in [6.45, 7) is 0.0344. The molecule has 152 valence electrons. The van der Waals surface area contributed by atoms with Gasteiger partial charge in [-0.1, -0.05) is 29.8 Å². The molecule has 0 aliphatic carbocycles. The monoisotopic (exact) mass is 451 g/mol. The highest BCUT2D eigenvalue weighted by Crippen LogP contribution is 2.39. The number of nitrogens with zero attached hydrogens (tertiary/aromatic N) is 2. The Morgan fingerprint density at radius 2 is 2.03 bits per heavy atom. The van der Waals surface area contributed by atoms with Crippen molar-refractivity contribution in [2.24, 2.45) is 5.73 Å². The van der Waals surface area contributed by atoms with Gasteiger partial charge in [0.05, 0.1) is 10.1 Å². The molecule has 29 heavy (non-hydrogen) atoms. The van der Waals surface area contributed by atoms with Crippen molar-refractivity contribution in [1.29, 1.82) is 0 Å². The van der Waals surface area contributed by atoms with E-state index in [9.17, 15) is 18.0 Å². The van der Waals surface area contributed by atoms with Crippen LogP contribution < -0.4 is 10.6 Å². The van der Waals surface area contributed by atoms with E-state index in [1.54, 1.807) is 22.8 Å². The number of sulfone groups is 1. The minimum atomic E-state index is -3.26. The fraction of sp³-hybridized carbons (Fsp3) is 0.263. The highest BCUT2D eigenvalue weighted by atomic mass is 35.5. The Labute approximate surface area is 176 Å². The summed E-state index contributed by atoms with van der Waals surface area (Å²) >= 11 is 7.41. The molecule has 0 spiro atoms. The van der Waals surface area contributed by atoms with E-state index in [-0.39, 0.29) is 23.9 Å². The maximum absolute atomic E-state index is 13.5. The van der Waals surface area contributed by atoms with Crippen molar-refractivity contribution in [3.63, 3.8) is 0 Å². The lowest BCUT2D eigenvalue weighted by Gasteiger charge is -2.35. The molecule has 1 unspecified atom stereocenters. The summed E-state index contributed by atoms with van der Waals surface area (Å²) in [7, 11) is -3.26. The second-order valence-electron chi connectivity index (χ2n) is 7.04. The number of amides is 2. The fourth-order valence-corrected chi connectivity index (χ4v) is 5.49. The SMILES string of the molecule is CS(=O)(=O)CCN1C(=O)C(n2c(C(N)=O)cc3cc(Cl)sc32)Cc2ccccc21. The van der Waals surface area contributed by atoms with E-state index in [4.69, 9.17) is 17.3 Å². The molecule has 1 aliphatic heterocycles. The van der Waals surface area contributed by atoms with Crippen molar-refractivity contribution >= 4 is 60.5 Å². The zero-order valence-electron chi connectivity index (χ0n) is 15.5. The molecule has 3 heterocycles. The summed E-state index contributed by atoms with van der Waals surface area (Å²) in [4.78, 5) is 27.7. The molecule has 2 N–H and O–H groups in total. The van der Waals surface area contributed by atoms with Crippen molar-refractivity contribution in [3.8, 4) is 0 Å². The fourth-order valence-electron chi connectivity index (χ4n) is 3.71. The number of benzene rings is 1. The number of primary amides is 1. The van der Waals surface area contributed by atoms with Gasteiger partial charge >= 0.3 is 0 Å². The number of nitrogens with two attached hydrogens (primary N) is 1. The third-order valence-electron chi connectivity index (χ3n) is 4.98. The number of para-hydroxylation sites is 1. The average Bonchev–Trinajstić information content (AvgIpc) is 3.16. The molecule has 1 aromatic carbocycles. The minimum absolute atomic E-state index is 0.0344. The molecule has 2 aromatic heterocycles. The molecule has 0 fully saturated rings. The summed E-state index contributed by atoms with van der Waals surface area (Å²) in [6, 6.07) is 10.0. The molecule has 1 atom stereocenters. The van der Waals surface area contributed by atoms with Crippen LogP contribution in [-0.2, 0) is 21.1 Å². The van der Waals surface area contributed by atoms with E-state index in [1.165, 1.54) is 16.2 Å². The van der Waals surface area contributed by atoms with Crippen LogP contribution in [0.3, 0.4) is 0 Å². The van der Waals surface area contributed by atoms with Crippen LogP contribution in [0.5, 0.6) is 0 Å². The average molecular weight is 452 g/mol. The van der Waals surface area contributed by atoms with Gasteiger partial charge in [-0.25, -0.2) is 8.42 Å². The van der Waals surface area contributed by atoms with E-state index in [1.807, 2.05) is 18.2 Å². The Bertz CT molecular complexity index is 1250. The number of carbonyl (C=O) groups excluding carboxylic acids is 2. The van der Waals surface area contributed by atoms with Crippen LogP contribution in [0.2, 0.25) is 4.34 Å². The zero-order chi connectivity index (χ0) is 20.9. The maximum atomic E-state index is 13.5. The molecule has 3 aromatic rings. The van der Waals surface area contributed by atoms with Crippen LogP contribution in [0, 0.1) is 0 Å². The highest BCUT2D eigenvalue weighted by molar-refractivity contribution is 7.90. The van der Waals surface area contributed by atoms with Crippen LogP contribution in [0.1, 0.15) is 22.1 Å². The van der Waals surface area contributed by atoms with E-state index in [0.717, 1.165) is 17.2 Å². The van der Waals surface area contributed by atoms with Crippen molar-refractivity contribution < 1.29 is 18.0 Å². The van der Waals surface area contributed by atoms with Gasteiger partial charge in [0.25, 0.3) is 5.91 Å². The molecule has 0 saturated heterocycles. The summed E-state index contributed by atoms with van der Waals surface area (Å²) in [6.07, 6.45) is 1.50. The van der Waals surface area contributed by atoms with E-state index >= 15 is 0 Å². The van der Waals surface area contributed by atoms with Crippen LogP contribution in [-0.4, -0.2) is 43.4 Å². The largest absolute Gasteiger partial charge is 0.364 e. The molecule has 0 radical (unpaired) electrons. The molecule has 10 heteroatoms. The number of halogens is 1. The predicted molar refractivity (Wildman–Crippen MR) is 115 cm³/mol. The van der Waals surface area contributed by atoms with Gasteiger partial charge in [-0.05, 0) is 23.8 Å². The number of anilines is 1. The molecular weight excluding hydrogens is 434 g/mol. The predicted octanol–water partition coefficient (Wildman–Crippen LogP) is 2.63. The van der Waals surface area contributed by atoms with Gasteiger partial charge in [0, 0.05) is 30.3 Å². The van der Waals surface area contributed by atoms with E-state index in [2.05, 4.69) is 0 Å². The summed E-state index contributed by atoms with van der Waals surface area (Å²) < 4.78 is 25.6. The lowest BCUT2D eigenvalue weighted by molar-refractivity contribution is -0.122. The maximum Gasteiger partial charge on any atom is 0.265 e. The van der Waals surface area contributed by atoms with Crippen LogP contribution in [0.15, 0.2) is 36.4 Å². The quantitative estimate of drug-likeness (QED) is 0.644. The van der Waals surface area contributed by atoms with Gasteiger partial charge in [0.15, 0.2) is 0 Å². The Morgan fingerprint density at radius 1 is 1.31 bits per heavy atom. The molecule has 2 amide bonds. The Morgan fingerprint density at radius 3 is 2.72 bits per heavy atom. The third kappa shape index (κ3) is 3.65. The molecule has 4 rings (SSSR count). The smallest absolute Gasteiger partial charge is 0.265 e. The number of thiophene rings is 1. The van der Waals surface area contributed by atoms with Crippen molar-refractivity contribution in [2.45, 2.75) is 12.5 Å². The zero-order valence-corrected chi connectivity index (χ0v) is 17.9. The van der Waals surface area contributed by atoms with Crippen molar-refractivity contribution in [2.75, 3.05) is 23.5 Å². The number of aromatic nitrogens is 1. The molecule has 7 nitrogen and oxygen atoms in total. The summed E-state index contributed by atoms with van der Waals surface area (Å²) in [5.74, 6) is -1.08. The summed E-state index contributed by atoms with van der Waals surface area (Å²) in [5, 5.41) is 0.739. The van der Waals surface area contributed by atoms with Gasteiger partial charge < -0.3 is 15.2 Å². The first kappa shape index (κ1) is 19.9. The first-order valence-electron chi connectivity index (χ1n) is 8.83. The number of rotatable bonds is 5. The van der Waals surface area contributed by atoms with Crippen LogP contribution in [0.25, 0.3) is 10.2 Å². The number of fused-ring (bicyclic) bond motifs is 2. The first-order valence-corrected chi connectivity index (χ1v) is 12.1. The van der Waals surface area contributed by atoms with Crippen molar-refractivity contribution in [1.82, 2.24) is 4.57 Å². The first-order chi connectivity index (χ1) is 13.7. The van der Waals surface area contributed by atoms with Gasteiger partial charge in [-0.15, -0.1) is 11.3 Å². The van der Waals surface area contributed by atoms with Gasteiger partial charge in [-0.2, -0.15) is 0 Å². The normalized spacial score (nSPS) is 17.0. The topological polar surface area (TPSA) is 102 Å². The Balaban J connectivity index is 1.85. The summed E-state index contributed by atoms with van der Waals surface area (Å²) in [5.41, 5.74) is 7.39. The molecule has 0 bridgehead atoms. The van der Waals surface area contributed by atoms with Gasteiger partial charge in [0.2, 0.25) is 5.91 Å². The lowest BCUT2D eigenvalue weighted by Crippen LogP contribution is -2.45. The van der Waals surface area contributed by atoms with Crippen LogP contribution >= 0.6 is 22.9 Å². The van der Waals surface area contributed by atoms with E-state index in [0.29, 0.717) is 21.3 Å². The molecule has 1 aliphatic rings. The van der Waals surface area contributed by atoms with Gasteiger partial charge in [-0.3, -0.25) is 9.59 Å². The molecule has 0 saturated carbocycles.